The Bertz CT molecular complexity index is 332. The monoisotopic (exact) mass is 304 g/mol. The van der Waals surface area contributed by atoms with Crippen LogP contribution in [0.1, 0.15) is 26.2 Å². The summed E-state index contributed by atoms with van der Waals surface area (Å²) in [6.07, 6.45) is 3.80. The number of aliphatic carboxylic acids is 1. The van der Waals surface area contributed by atoms with Gasteiger partial charge < -0.3 is 20.5 Å². The lowest BCUT2D eigenvalue weighted by Gasteiger charge is -2.33. The van der Waals surface area contributed by atoms with E-state index in [2.05, 4.69) is 17.6 Å². The largest absolute Gasteiger partial charge is 0.481 e. The smallest absolute Gasteiger partial charge is 0.314 e. The molecule has 1 atom stereocenters. The summed E-state index contributed by atoms with van der Waals surface area (Å²) < 4.78 is 5.19. The van der Waals surface area contributed by atoms with Crippen LogP contribution in [0, 0.1) is 5.41 Å². The highest BCUT2D eigenvalue weighted by molar-refractivity contribution is 7.99. The van der Waals surface area contributed by atoms with Crippen molar-refractivity contribution in [3.05, 3.63) is 0 Å². The number of ether oxygens (including phenoxy) is 1. The SMILES string of the molecule is CSC(C)CCNC(=O)NCC1(C(=O)O)CCOCC1. The van der Waals surface area contributed by atoms with Crippen molar-refractivity contribution < 1.29 is 19.4 Å². The first-order chi connectivity index (χ1) is 9.50. The molecule has 1 aliphatic heterocycles. The second kappa shape index (κ2) is 8.36. The number of carbonyl (C=O) groups excluding carboxylic acids is 1. The van der Waals surface area contributed by atoms with E-state index in [1.54, 1.807) is 11.8 Å². The van der Waals surface area contributed by atoms with Gasteiger partial charge in [0.1, 0.15) is 0 Å². The Morgan fingerprint density at radius 3 is 2.55 bits per heavy atom. The number of hydrogen-bond acceptors (Lipinski definition) is 4. The maximum atomic E-state index is 11.7. The molecule has 2 amide bonds. The number of carboxylic acid groups (broad SMARTS) is 1. The van der Waals surface area contributed by atoms with Gasteiger partial charge in [0.25, 0.3) is 0 Å². The van der Waals surface area contributed by atoms with Gasteiger partial charge in [0.05, 0.1) is 5.41 Å². The predicted molar refractivity (Wildman–Crippen MR) is 79.1 cm³/mol. The van der Waals surface area contributed by atoms with Crippen molar-refractivity contribution in [2.75, 3.05) is 32.6 Å². The maximum Gasteiger partial charge on any atom is 0.314 e. The fraction of sp³-hybridized carbons (Fsp3) is 0.846. The van der Waals surface area contributed by atoms with Gasteiger partial charge >= 0.3 is 12.0 Å². The minimum absolute atomic E-state index is 0.148. The van der Waals surface area contributed by atoms with Crippen molar-refractivity contribution in [1.29, 1.82) is 0 Å². The Kier molecular flexibility index (Phi) is 7.15. The molecule has 0 aromatic rings. The number of hydrogen-bond donors (Lipinski definition) is 3. The van der Waals surface area contributed by atoms with Crippen molar-refractivity contribution in [1.82, 2.24) is 10.6 Å². The van der Waals surface area contributed by atoms with E-state index in [1.807, 2.05) is 6.26 Å². The second-order valence-electron chi connectivity index (χ2n) is 5.14. The van der Waals surface area contributed by atoms with Crippen LogP contribution < -0.4 is 10.6 Å². The van der Waals surface area contributed by atoms with Crippen LogP contribution >= 0.6 is 11.8 Å². The standard InChI is InChI=1S/C13H24N2O4S/c1-10(20-2)3-6-14-12(18)15-9-13(11(16)17)4-7-19-8-5-13/h10H,3-9H2,1-2H3,(H,16,17)(H2,14,15,18). The average Bonchev–Trinajstić information content (AvgIpc) is 2.45. The summed E-state index contributed by atoms with van der Waals surface area (Å²) in [5.74, 6) is -0.864. The van der Waals surface area contributed by atoms with E-state index in [9.17, 15) is 14.7 Å². The first-order valence-corrected chi connectivity index (χ1v) is 8.14. The Hall–Kier alpha value is -0.950. The number of carboxylic acids is 1. The molecule has 7 heteroatoms. The molecule has 1 aliphatic rings. The summed E-state index contributed by atoms with van der Waals surface area (Å²) >= 11 is 1.75. The summed E-state index contributed by atoms with van der Waals surface area (Å²) in [6.45, 7) is 3.71. The van der Waals surface area contributed by atoms with Gasteiger partial charge in [-0.3, -0.25) is 4.79 Å². The van der Waals surface area contributed by atoms with E-state index >= 15 is 0 Å². The van der Waals surface area contributed by atoms with Gasteiger partial charge in [-0.05, 0) is 25.5 Å². The summed E-state index contributed by atoms with van der Waals surface area (Å²) in [7, 11) is 0. The number of urea groups is 1. The number of amides is 2. The van der Waals surface area contributed by atoms with E-state index in [0.717, 1.165) is 6.42 Å². The van der Waals surface area contributed by atoms with Gasteiger partial charge in [-0.1, -0.05) is 6.92 Å². The van der Waals surface area contributed by atoms with E-state index in [0.29, 0.717) is 37.9 Å². The van der Waals surface area contributed by atoms with E-state index in [1.165, 1.54) is 0 Å². The number of nitrogens with one attached hydrogen (secondary N) is 2. The number of thioether (sulfide) groups is 1. The van der Waals surface area contributed by atoms with Crippen LogP contribution in [0.15, 0.2) is 0 Å². The molecule has 0 spiro atoms. The number of rotatable bonds is 7. The lowest BCUT2D eigenvalue weighted by Crippen LogP contribution is -2.49. The summed E-state index contributed by atoms with van der Waals surface area (Å²) in [4.78, 5) is 23.1. The van der Waals surface area contributed by atoms with Crippen LogP contribution in [0.5, 0.6) is 0 Å². The van der Waals surface area contributed by atoms with Crippen molar-refractivity contribution in [2.45, 2.75) is 31.4 Å². The molecule has 0 bridgehead atoms. The first kappa shape index (κ1) is 17.1. The molecular formula is C13H24N2O4S. The molecule has 3 N–H and O–H groups in total. The van der Waals surface area contributed by atoms with Gasteiger partial charge in [0.15, 0.2) is 0 Å². The zero-order valence-electron chi connectivity index (χ0n) is 12.1. The van der Waals surface area contributed by atoms with Gasteiger partial charge in [-0.2, -0.15) is 11.8 Å². The third-order valence-corrected chi connectivity index (χ3v) is 4.77. The van der Waals surface area contributed by atoms with Crippen molar-refractivity contribution >= 4 is 23.8 Å². The van der Waals surface area contributed by atoms with Crippen molar-refractivity contribution in [3.8, 4) is 0 Å². The molecule has 0 saturated carbocycles. The van der Waals surface area contributed by atoms with Crippen LogP contribution in [0.25, 0.3) is 0 Å². The number of carbonyl (C=O) groups is 2. The normalized spacial score (nSPS) is 19.1. The molecular weight excluding hydrogens is 280 g/mol. The molecule has 116 valence electrons. The first-order valence-electron chi connectivity index (χ1n) is 6.86. The minimum atomic E-state index is -0.887. The van der Waals surface area contributed by atoms with Gasteiger partial charge in [-0.15, -0.1) is 0 Å². The van der Waals surface area contributed by atoms with Gasteiger partial charge in [-0.25, -0.2) is 4.79 Å². The molecule has 0 aliphatic carbocycles. The molecule has 1 unspecified atom stereocenters. The van der Waals surface area contributed by atoms with Crippen molar-refractivity contribution in [3.63, 3.8) is 0 Å². The lowest BCUT2D eigenvalue weighted by atomic mass is 9.80. The Morgan fingerprint density at radius 2 is 2.00 bits per heavy atom. The van der Waals surface area contributed by atoms with E-state index < -0.39 is 11.4 Å². The molecule has 6 nitrogen and oxygen atoms in total. The fourth-order valence-electron chi connectivity index (χ4n) is 2.05. The third kappa shape index (κ3) is 5.20. The van der Waals surface area contributed by atoms with Crippen LogP contribution in [-0.4, -0.2) is 54.9 Å². The van der Waals surface area contributed by atoms with Crippen LogP contribution in [0.2, 0.25) is 0 Å². The predicted octanol–water partition coefficient (Wildman–Crippen LogP) is 1.31. The summed E-state index contributed by atoms with van der Waals surface area (Å²) in [5, 5.41) is 15.3. The highest BCUT2D eigenvalue weighted by Gasteiger charge is 2.40. The zero-order chi connectivity index (χ0) is 15.0. The highest BCUT2D eigenvalue weighted by Crippen LogP contribution is 2.29. The van der Waals surface area contributed by atoms with Crippen LogP contribution in [0.3, 0.4) is 0 Å². The molecule has 20 heavy (non-hydrogen) atoms. The molecule has 1 fully saturated rings. The summed E-state index contributed by atoms with van der Waals surface area (Å²) in [6, 6.07) is -0.301. The lowest BCUT2D eigenvalue weighted by molar-refractivity contribution is -0.154. The van der Waals surface area contributed by atoms with E-state index in [-0.39, 0.29) is 12.6 Å². The Labute approximate surface area is 124 Å². The third-order valence-electron chi connectivity index (χ3n) is 3.73. The molecule has 0 aromatic carbocycles. The molecule has 0 radical (unpaired) electrons. The summed E-state index contributed by atoms with van der Waals surface area (Å²) in [5.41, 5.74) is -0.887. The molecule has 1 rings (SSSR count). The van der Waals surface area contributed by atoms with Gasteiger partial charge in [0.2, 0.25) is 0 Å². The Balaban J connectivity index is 2.32. The van der Waals surface area contributed by atoms with Crippen LogP contribution in [-0.2, 0) is 9.53 Å². The second-order valence-corrected chi connectivity index (χ2v) is 6.42. The highest BCUT2D eigenvalue weighted by atomic mass is 32.2. The van der Waals surface area contributed by atoms with Crippen molar-refractivity contribution in [2.24, 2.45) is 5.41 Å². The molecule has 1 heterocycles. The van der Waals surface area contributed by atoms with Gasteiger partial charge in [0, 0.05) is 31.6 Å². The zero-order valence-corrected chi connectivity index (χ0v) is 12.9. The fourth-order valence-corrected chi connectivity index (χ4v) is 2.40. The quantitative estimate of drug-likeness (QED) is 0.660. The van der Waals surface area contributed by atoms with E-state index in [4.69, 9.17) is 4.74 Å². The maximum absolute atomic E-state index is 11.7. The average molecular weight is 304 g/mol. The Morgan fingerprint density at radius 1 is 1.35 bits per heavy atom. The van der Waals surface area contributed by atoms with Crippen LogP contribution in [0.4, 0.5) is 4.79 Å². The minimum Gasteiger partial charge on any atom is -0.481 e. The molecule has 1 saturated heterocycles. The topological polar surface area (TPSA) is 87.7 Å². The molecule has 0 aromatic heterocycles.